The Balaban J connectivity index is 1.68. The molecule has 136 valence electrons. The fourth-order valence-corrected chi connectivity index (χ4v) is 3.22. The molecule has 3 rings (SSSR count). The summed E-state index contributed by atoms with van der Waals surface area (Å²) < 4.78 is 5.77. The average Bonchev–Trinajstić information content (AvgIpc) is 3.07. The Morgan fingerprint density at radius 3 is 2.64 bits per heavy atom. The maximum Gasteiger partial charge on any atom is 0.460 e. The summed E-state index contributed by atoms with van der Waals surface area (Å²) >= 11 is 0. The number of methoxy groups -OCH3 is 1. The van der Waals surface area contributed by atoms with Gasteiger partial charge in [-0.25, -0.2) is 4.73 Å². The van der Waals surface area contributed by atoms with Crippen molar-refractivity contribution in [1.29, 1.82) is 0 Å². The predicted molar refractivity (Wildman–Crippen MR) is 94.2 cm³/mol. The van der Waals surface area contributed by atoms with Crippen molar-refractivity contribution < 1.29 is 14.3 Å². The molecule has 1 aliphatic rings. The van der Waals surface area contributed by atoms with Crippen molar-refractivity contribution in [2.45, 2.75) is 25.7 Å². The molecule has 0 atom stereocenters. The Morgan fingerprint density at radius 2 is 1.92 bits per heavy atom. The van der Waals surface area contributed by atoms with Gasteiger partial charge in [0, 0.05) is 31.1 Å². The number of benzene rings is 1. The molecule has 1 N–H and O–H groups in total. The van der Waals surface area contributed by atoms with Crippen molar-refractivity contribution in [3.63, 3.8) is 0 Å². The third-order valence-electron chi connectivity index (χ3n) is 4.67. The maximum absolute atomic E-state index is 12.6. The van der Waals surface area contributed by atoms with Gasteiger partial charge in [-0.3, -0.25) is 5.32 Å². The molecule has 0 bridgehead atoms. The first-order valence-electron chi connectivity index (χ1n) is 8.70. The molecule has 0 fully saturated rings. The van der Waals surface area contributed by atoms with Crippen LogP contribution >= 0.6 is 0 Å². The lowest BCUT2D eigenvalue weighted by molar-refractivity contribution is -0.672. The van der Waals surface area contributed by atoms with Gasteiger partial charge in [0.2, 0.25) is 5.10 Å². The van der Waals surface area contributed by atoms with Gasteiger partial charge in [-0.1, -0.05) is 0 Å². The molecule has 1 aromatic heterocycles. The number of likely N-dealkylation sites (N-methyl/N-ethyl adjacent to an activating group) is 1. The highest BCUT2D eigenvalue weighted by atomic mass is 16.5. The fourth-order valence-electron chi connectivity index (χ4n) is 3.22. The minimum absolute atomic E-state index is 0.0555. The third kappa shape index (κ3) is 3.91. The molecule has 1 aromatic carbocycles. The van der Waals surface area contributed by atoms with Gasteiger partial charge in [0.1, 0.15) is 0 Å². The summed E-state index contributed by atoms with van der Waals surface area (Å²) in [6.45, 7) is 2.99. The second-order valence-corrected chi connectivity index (χ2v) is 6.53. The van der Waals surface area contributed by atoms with Crippen LogP contribution in [0.1, 0.15) is 24.0 Å². The third-order valence-corrected chi connectivity index (χ3v) is 4.67. The van der Waals surface area contributed by atoms with Crippen LogP contribution in [0.15, 0.2) is 12.1 Å². The van der Waals surface area contributed by atoms with Crippen LogP contribution < -0.4 is 14.9 Å². The lowest BCUT2D eigenvalue weighted by atomic mass is 10.1. The molecular formula is C17H25N5O3. The number of ether oxygens (including phenoxy) is 1. The van der Waals surface area contributed by atoms with Crippen LogP contribution in [0, 0.1) is 10.4 Å². The predicted octanol–water partition coefficient (Wildman–Crippen LogP) is 0.371. The lowest BCUT2D eigenvalue weighted by Gasteiger charge is -2.15. The second kappa shape index (κ2) is 7.79. The van der Waals surface area contributed by atoms with E-state index in [1.165, 1.54) is 0 Å². The molecule has 0 unspecified atom stereocenters. The van der Waals surface area contributed by atoms with Gasteiger partial charge >= 0.3 is 5.95 Å². The lowest BCUT2D eigenvalue weighted by Crippen LogP contribution is -2.44. The number of hydrogen-bond donors (Lipinski definition) is 1. The molecule has 0 radical (unpaired) electrons. The number of nitrogens with zero attached hydrogens (tertiary/aromatic N) is 4. The van der Waals surface area contributed by atoms with E-state index in [0.717, 1.165) is 54.6 Å². The number of anilines is 1. The van der Waals surface area contributed by atoms with E-state index in [1.54, 1.807) is 13.2 Å². The largest absolute Gasteiger partial charge is 0.739 e. The highest BCUT2D eigenvalue weighted by molar-refractivity contribution is 5.71. The molecule has 2 aromatic rings. The Morgan fingerprint density at radius 1 is 1.20 bits per heavy atom. The number of rotatable bonds is 8. The topological polar surface area (TPSA) is 91.3 Å². The molecule has 0 saturated heterocycles. The van der Waals surface area contributed by atoms with E-state index in [9.17, 15) is 10.4 Å². The Kier molecular flexibility index (Phi) is 5.50. The normalized spacial score (nSPS) is 13.6. The molecule has 1 aliphatic carbocycles. The van der Waals surface area contributed by atoms with Crippen LogP contribution in [0.2, 0.25) is 0 Å². The molecule has 25 heavy (non-hydrogen) atoms. The number of nitrogens with one attached hydrogen (secondary N) is 1. The van der Waals surface area contributed by atoms with Crippen LogP contribution in [0.4, 0.5) is 5.95 Å². The van der Waals surface area contributed by atoms with Crippen LogP contribution in [0.25, 0.3) is 11.0 Å². The standard InChI is InChI=1S/C17H25N5O3/c1-20(9-10-25-2)8-4-7-18-17-19-22(24)16-12-14-6-3-5-13(14)11-15(16)21(17)23/h11-12H,3-10H2,1-2H3,(H,18,19). The van der Waals surface area contributed by atoms with Gasteiger partial charge in [-0.15, -0.1) is 0 Å². The van der Waals surface area contributed by atoms with Gasteiger partial charge < -0.3 is 20.1 Å². The van der Waals surface area contributed by atoms with E-state index in [0.29, 0.717) is 29.0 Å². The van der Waals surface area contributed by atoms with Gasteiger partial charge in [0.15, 0.2) is 5.52 Å². The van der Waals surface area contributed by atoms with Crippen LogP contribution in [0.5, 0.6) is 0 Å². The number of aromatic nitrogens is 3. The highest BCUT2D eigenvalue weighted by Crippen LogP contribution is 2.24. The number of hydrogen-bond acceptors (Lipinski definition) is 6. The zero-order valence-corrected chi connectivity index (χ0v) is 14.8. The molecule has 8 nitrogen and oxygen atoms in total. The summed E-state index contributed by atoms with van der Waals surface area (Å²) in [6, 6.07) is 3.64. The van der Waals surface area contributed by atoms with E-state index in [2.05, 4.69) is 15.3 Å². The van der Waals surface area contributed by atoms with Gasteiger partial charge in [-0.05, 0) is 49.9 Å². The molecule has 0 aliphatic heterocycles. The molecule has 0 amide bonds. The zero-order valence-electron chi connectivity index (χ0n) is 14.8. The number of aryl methyl sites for hydroxylation is 2. The maximum atomic E-state index is 12.6. The molecular weight excluding hydrogens is 322 g/mol. The summed E-state index contributed by atoms with van der Waals surface area (Å²) in [5.74, 6) is 0.0555. The molecule has 1 heterocycles. The molecule has 0 spiro atoms. The summed E-state index contributed by atoms with van der Waals surface area (Å²) in [7, 11) is 3.70. The van der Waals surface area contributed by atoms with E-state index in [4.69, 9.17) is 4.74 Å². The summed E-state index contributed by atoms with van der Waals surface area (Å²) in [6.07, 6.45) is 3.82. The quantitative estimate of drug-likeness (QED) is 0.421. The summed E-state index contributed by atoms with van der Waals surface area (Å²) in [5.41, 5.74) is 3.03. The Bertz CT molecular complexity index is 753. The monoisotopic (exact) mass is 347 g/mol. The first-order valence-corrected chi connectivity index (χ1v) is 8.70. The Hall–Kier alpha value is -2.19. The summed E-state index contributed by atoms with van der Waals surface area (Å²) in [5, 5.41) is 31.6. The molecule has 8 heteroatoms. The van der Waals surface area contributed by atoms with E-state index >= 15 is 0 Å². The minimum atomic E-state index is 0.0555. The van der Waals surface area contributed by atoms with E-state index in [-0.39, 0.29) is 5.95 Å². The second-order valence-electron chi connectivity index (χ2n) is 6.53. The first-order chi connectivity index (χ1) is 12.1. The van der Waals surface area contributed by atoms with E-state index < -0.39 is 0 Å². The van der Waals surface area contributed by atoms with Crippen LogP contribution in [-0.4, -0.2) is 50.4 Å². The van der Waals surface area contributed by atoms with Gasteiger partial charge in [0.05, 0.1) is 13.2 Å². The van der Waals surface area contributed by atoms with Crippen molar-refractivity contribution in [2.24, 2.45) is 0 Å². The highest BCUT2D eigenvalue weighted by Gasteiger charge is 2.23. The number of fused-ring (bicyclic) bond motifs is 2. The van der Waals surface area contributed by atoms with Crippen molar-refractivity contribution >= 4 is 17.0 Å². The minimum Gasteiger partial charge on any atom is -0.739 e. The smallest absolute Gasteiger partial charge is 0.460 e. The van der Waals surface area contributed by atoms with Crippen molar-refractivity contribution in [3.05, 3.63) is 33.7 Å². The van der Waals surface area contributed by atoms with Gasteiger partial charge in [-0.2, -0.15) is 0 Å². The average molecular weight is 347 g/mol. The Labute approximate surface area is 147 Å². The molecule has 0 saturated carbocycles. The summed E-state index contributed by atoms with van der Waals surface area (Å²) in [4.78, 5) is 2.71. The van der Waals surface area contributed by atoms with Crippen molar-refractivity contribution in [1.82, 2.24) is 10.00 Å². The van der Waals surface area contributed by atoms with Crippen LogP contribution in [-0.2, 0) is 17.6 Å². The van der Waals surface area contributed by atoms with Crippen LogP contribution in [0.3, 0.4) is 0 Å². The SMILES string of the molecule is COCCN(C)CCCNc1n[n+]([O-])c2cc3c(cc2[n+]1[O-])CCC3. The first kappa shape index (κ1) is 17.6. The van der Waals surface area contributed by atoms with E-state index in [1.807, 2.05) is 13.1 Å². The fraction of sp³-hybridized carbons (Fsp3) is 0.588. The van der Waals surface area contributed by atoms with Crippen molar-refractivity contribution in [2.75, 3.05) is 45.7 Å². The van der Waals surface area contributed by atoms with Gasteiger partial charge in [0.25, 0.3) is 5.52 Å². The van der Waals surface area contributed by atoms with Crippen molar-refractivity contribution in [3.8, 4) is 0 Å². The zero-order chi connectivity index (χ0) is 17.8.